The summed E-state index contributed by atoms with van der Waals surface area (Å²) in [6, 6.07) is 0.377. The zero-order chi connectivity index (χ0) is 15.1. The van der Waals surface area contributed by atoms with Crippen LogP contribution in [0.25, 0.3) is 0 Å². The van der Waals surface area contributed by atoms with Crippen LogP contribution in [0.5, 0.6) is 0 Å². The molecule has 1 aromatic heterocycles. The first-order chi connectivity index (χ1) is 10.3. The smallest absolute Gasteiger partial charge is 0.209 e. The summed E-state index contributed by atoms with van der Waals surface area (Å²) in [5.74, 6) is 0.997. The minimum Gasteiger partial charge on any atom is -0.383 e. The third kappa shape index (κ3) is 4.09. The Morgan fingerprint density at radius 1 is 1.38 bits per heavy atom. The molecule has 1 fully saturated rings. The quantitative estimate of drug-likeness (QED) is 0.532. The van der Waals surface area contributed by atoms with Crippen molar-refractivity contribution in [2.75, 3.05) is 46.4 Å². The summed E-state index contributed by atoms with van der Waals surface area (Å²) in [7, 11) is 1.70. The van der Waals surface area contributed by atoms with E-state index in [2.05, 4.69) is 29.0 Å². The summed E-state index contributed by atoms with van der Waals surface area (Å²) < 4.78 is 7.03. The van der Waals surface area contributed by atoms with Crippen LogP contribution in [0, 0.1) is 0 Å². The highest BCUT2D eigenvalue weighted by Crippen LogP contribution is 2.09. The molecule has 7 nitrogen and oxygen atoms in total. The maximum Gasteiger partial charge on any atom is 0.209 e. The Morgan fingerprint density at radius 3 is 2.76 bits per heavy atom. The maximum absolute atomic E-state index is 5.13. The largest absolute Gasteiger partial charge is 0.383 e. The maximum atomic E-state index is 5.13. The van der Waals surface area contributed by atoms with Crippen molar-refractivity contribution < 1.29 is 14.5 Å². The minimum atomic E-state index is 0.377. The van der Waals surface area contributed by atoms with Crippen LogP contribution in [0.3, 0.4) is 0 Å². The summed E-state index contributed by atoms with van der Waals surface area (Å²) in [5.41, 5.74) is 0. The normalized spacial score (nSPS) is 23.9. The predicted octanol–water partition coefficient (Wildman–Crippen LogP) is -2.26. The Kier molecular flexibility index (Phi) is 6.28. The Morgan fingerprint density at radius 2 is 2.14 bits per heavy atom. The van der Waals surface area contributed by atoms with Crippen LogP contribution in [0.4, 0.5) is 0 Å². The third-order valence-corrected chi connectivity index (χ3v) is 4.31. The van der Waals surface area contributed by atoms with E-state index in [9.17, 15) is 0 Å². The van der Waals surface area contributed by atoms with Gasteiger partial charge in [0.25, 0.3) is 0 Å². The Labute approximate surface area is 126 Å². The summed E-state index contributed by atoms with van der Waals surface area (Å²) >= 11 is 0. The van der Waals surface area contributed by atoms with E-state index >= 15 is 0 Å². The Balaban J connectivity index is 2.00. The molecule has 1 atom stereocenters. The van der Waals surface area contributed by atoms with E-state index in [0.717, 1.165) is 25.3 Å². The summed E-state index contributed by atoms with van der Waals surface area (Å²) in [5, 5.41) is 12.2. The number of piperazine rings is 1. The number of aromatic nitrogens is 4. The van der Waals surface area contributed by atoms with E-state index in [1.165, 1.54) is 26.2 Å². The Bertz CT molecular complexity index is 427. The molecule has 0 spiro atoms. The number of hydrogen-bond acceptors (Lipinski definition) is 4. The van der Waals surface area contributed by atoms with Gasteiger partial charge in [-0.3, -0.25) is 0 Å². The molecule has 1 saturated heterocycles. The first-order valence-corrected chi connectivity index (χ1v) is 7.84. The molecule has 0 aliphatic carbocycles. The van der Waals surface area contributed by atoms with Crippen LogP contribution < -0.4 is 9.80 Å². The van der Waals surface area contributed by atoms with Gasteiger partial charge < -0.3 is 14.5 Å². The highest BCUT2D eigenvalue weighted by molar-refractivity contribution is 4.87. The Hall–Kier alpha value is -1.31. The molecule has 0 unspecified atom stereocenters. The second kappa shape index (κ2) is 8.21. The lowest BCUT2D eigenvalue weighted by Crippen LogP contribution is -3.28. The average Bonchev–Trinajstić information content (AvgIpc) is 2.96. The van der Waals surface area contributed by atoms with Crippen LogP contribution in [0.1, 0.15) is 25.2 Å². The summed E-state index contributed by atoms with van der Waals surface area (Å²) in [6.07, 6.45) is 3.07. The second-order valence-corrected chi connectivity index (χ2v) is 5.61. The van der Waals surface area contributed by atoms with Gasteiger partial charge in [0.1, 0.15) is 32.2 Å². The van der Waals surface area contributed by atoms with Gasteiger partial charge in [-0.25, -0.2) is 4.68 Å². The molecule has 0 amide bonds. The van der Waals surface area contributed by atoms with Crippen molar-refractivity contribution in [3.05, 3.63) is 18.5 Å². The van der Waals surface area contributed by atoms with Gasteiger partial charge in [-0.15, -0.1) is 5.10 Å². The van der Waals surface area contributed by atoms with Crippen LogP contribution in [-0.2, 0) is 11.3 Å². The van der Waals surface area contributed by atoms with Gasteiger partial charge in [0.2, 0.25) is 5.82 Å². The lowest BCUT2D eigenvalue weighted by molar-refractivity contribution is -1.03. The SMILES string of the molecule is C=CC[NH+]1CC[NH+]([C@@H](CC)c2nnnn2CCOC)CC1. The first kappa shape index (κ1) is 16.1. The molecule has 2 N–H and O–H groups in total. The highest BCUT2D eigenvalue weighted by atomic mass is 16.5. The lowest BCUT2D eigenvalue weighted by Gasteiger charge is -2.33. The highest BCUT2D eigenvalue weighted by Gasteiger charge is 2.32. The standard InChI is InChI=1S/C14H26N6O/c1-4-6-18-7-9-19(10-8-18)13(5-2)14-15-16-17-20(14)11-12-21-3/h4,13H,1,5-12H2,2-3H3/p+2/t13-/m0/s1. The molecule has 1 aromatic rings. The third-order valence-electron chi connectivity index (χ3n) is 4.31. The number of rotatable bonds is 8. The number of tetrazole rings is 1. The molecular formula is C14H28N6O+2. The fourth-order valence-corrected chi connectivity index (χ4v) is 3.13. The van der Waals surface area contributed by atoms with Crippen molar-refractivity contribution in [3.63, 3.8) is 0 Å². The zero-order valence-electron chi connectivity index (χ0n) is 13.2. The van der Waals surface area contributed by atoms with Gasteiger partial charge in [-0.05, 0) is 16.5 Å². The average molecular weight is 296 g/mol. The fourth-order valence-electron chi connectivity index (χ4n) is 3.13. The van der Waals surface area contributed by atoms with E-state index in [1.54, 1.807) is 16.9 Å². The van der Waals surface area contributed by atoms with Crippen LogP contribution >= 0.6 is 0 Å². The molecule has 1 aliphatic rings. The summed E-state index contributed by atoms with van der Waals surface area (Å²) in [6.45, 7) is 13.2. The molecule has 2 heterocycles. The van der Waals surface area contributed by atoms with Crippen molar-refractivity contribution in [3.8, 4) is 0 Å². The van der Waals surface area contributed by atoms with Crippen molar-refractivity contribution in [1.29, 1.82) is 0 Å². The van der Waals surface area contributed by atoms with E-state index in [4.69, 9.17) is 4.74 Å². The molecule has 0 saturated carbocycles. The monoisotopic (exact) mass is 296 g/mol. The predicted molar refractivity (Wildman–Crippen MR) is 79.2 cm³/mol. The van der Waals surface area contributed by atoms with E-state index in [1.807, 2.05) is 10.8 Å². The number of ether oxygens (including phenoxy) is 1. The number of nitrogens with one attached hydrogen (secondary N) is 2. The molecule has 21 heavy (non-hydrogen) atoms. The number of methoxy groups -OCH3 is 1. The van der Waals surface area contributed by atoms with Crippen molar-refractivity contribution >= 4 is 0 Å². The van der Waals surface area contributed by atoms with Crippen molar-refractivity contribution in [2.45, 2.75) is 25.9 Å². The van der Waals surface area contributed by atoms with Gasteiger partial charge in [0.15, 0.2) is 0 Å². The summed E-state index contributed by atoms with van der Waals surface area (Å²) in [4.78, 5) is 3.22. The number of nitrogens with zero attached hydrogens (tertiary/aromatic N) is 4. The van der Waals surface area contributed by atoms with Crippen molar-refractivity contribution in [1.82, 2.24) is 20.2 Å². The van der Waals surface area contributed by atoms with Gasteiger partial charge in [0, 0.05) is 13.5 Å². The number of quaternary nitrogens is 2. The molecule has 0 radical (unpaired) electrons. The van der Waals surface area contributed by atoms with Crippen LogP contribution in [-0.4, -0.2) is 66.6 Å². The molecular weight excluding hydrogens is 268 g/mol. The molecule has 0 aromatic carbocycles. The van der Waals surface area contributed by atoms with Crippen LogP contribution in [0.2, 0.25) is 0 Å². The molecule has 7 heteroatoms. The molecule has 0 bridgehead atoms. The minimum absolute atomic E-state index is 0.377. The molecule has 2 rings (SSSR count). The topological polar surface area (TPSA) is 61.7 Å². The van der Waals surface area contributed by atoms with E-state index < -0.39 is 0 Å². The van der Waals surface area contributed by atoms with Gasteiger partial charge in [-0.2, -0.15) is 0 Å². The number of hydrogen-bond donors (Lipinski definition) is 2. The molecule has 1 aliphatic heterocycles. The fraction of sp³-hybridized carbons (Fsp3) is 0.786. The van der Waals surface area contributed by atoms with E-state index in [-0.39, 0.29) is 0 Å². The van der Waals surface area contributed by atoms with Gasteiger partial charge in [-0.1, -0.05) is 13.5 Å². The van der Waals surface area contributed by atoms with E-state index in [0.29, 0.717) is 12.6 Å². The lowest BCUT2D eigenvalue weighted by atomic mass is 10.1. The zero-order valence-corrected chi connectivity index (χ0v) is 13.2. The first-order valence-electron chi connectivity index (χ1n) is 7.84. The van der Waals surface area contributed by atoms with Crippen molar-refractivity contribution in [2.24, 2.45) is 0 Å². The van der Waals surface area contributed by atoms with Gasteiger partial charge in [0.05, 0.1) is 19.7 Å². The van der Waals surface area contributed by atoms with Gasteiger partial charge >= 0.3 is 0 Å². The van der Waals surface area contributed by atoms with Crippen LogP contribution in [0.15, 0.2) is 12.7 Å². The molecule has 118 valence electrons. The second-order valence-electron chi connectivity index (χ2n) is 5.61.